The normalized spacial score (nSPS) is 11.1. The van der Waals surface area contributed by atoms with Gasteiger partial charge >= 0.3 is 0 Å². The van der Waals surface area contributed by atoms with Gasteiger partial charge in [0.05, 0.1) is 24.3 Å². The molecular formula is C19H27N5O2S. The highest BCUT2D eigenvalue weighted by atomic mass is 32.1. The molecule has 0 radical (unpaired) electrons. The summed E-state index contributed by atoms with van der Waals surface area (Å²) >= 11 is 1.35. The highest BCUT2D eigenvalue weighted by Gasteiger charge is 2.11. The molecule has 0 aliphatic heterocycles. The number of carbonyl (C=O) groups excluding carboxylic acids is 1. The summed E-state index contributed by atoms with van der Waals surface area (Å²) < 4.78 is 5.73. The second-order valence-corrected chi connectivity index (χ2v) is 6.70. The van der Waals surface area contributed by atoms with Crippen LogP contribution in [0.4, 0.5) is 0 Å². The van der Waals surface area contributed by atoms with Crippen LogP contribution in [0, 0.1) is 6.92 Å². The smallest absolute Gasteiger partial charge is 0.263 e. The number of hydrogen-bond donors (Lipinski definition) is 2. The first kappa shape index (κ1) is 20.7. The number of likely N-dealkylation sites (N-methyl/N-ethyl adjacent to an activating group) is 1. The molecule has 2 rings (SSSR count). The maximum Gasteiger partial charge on any atom is 0.263 e. The number of benzene rings is 1. The summed E-state index contributed by atoms with van der Waals surface area (Å²) in [5, 5.41) is 6.14. The molecule has 0 fully saturated rings. The van der Waals surface area contributed by atoms with Gasteiger partial charge in [-0.15, -0.1) is 11.3 Å². The van der Waals surface area contributed by atoms with Crippen molar-refractivity contribution in [3.63, 3.8) is 0 Å². The van der Waals surface area contributed by atoms with E-state index in [1.165, 1.54) is 11.3 Å². The third kappa shape index (κ3) is 6.90. The summed E-state index contributed by atoms with van der Waals surface area (Å²) in [4.78, 5) is 23.4. The van der Waals surface area contributed by atoms with Crippen molar-refractivity contribution in [3.8, 4) is 5.75 Å². The summed E-state index contributed by atoms with van der Waals surface area (Å²) in [6.07, 6.45) is 0. The first-order valence-corrected chi connectivity index (χ1v) is 9.85. The lowest BCUT2D eigenvalue weighted by Gasteiger charge is -2.22. The monoisotopic (exact) mass is 389 g/mol. The fourth-order valence-electron chi connectivity index (χ4n) is 2.32. The van der Waals surface area contributed by atoms with Crippen LogP contribution < -0.4 is 15.4 Å². The van der Waals surface area contributed by atoms with Crippen molar-refractivity contribution in [1.29, 1.82) is 0 Å². The van der Waals surface area contributed by atoms with E-state index in [4.69, 9.17) is 4.74 Å². The van der Waals surface area contributed by atoms with Gasteiger partial charge in [-0.05, 0) is 26.0 Å². The number of aryl methyl sites for hydroxylation is 1. The zero-order valence-electron chi connectivity index (χ0n) is 16.1. The molecule has 0 bridgehead atoms. The predicted molar refractivity (Wildman–Crippen MR) is 110 cm³/mol. The molecule has 27 heavy (non-hydrogen) atoms. The van der Waals surface area contributed by atoms with Gasteiger partial charge in [-0.3, -0.25) is 9.79 Å². The highest BCUT2D eigenvalue weighted by Crippen LogP contribution is 2.11. The number of aliphatic imine (C=N–C) groups is 1. The molecule has 1 heterocycles. The average Bonchev–Trinajstić information content (AvgIpc) is 3.11. The number of guanidine groups is 1. The number of amides is 1. The third-order valence-electron chi connectivity index (χ3n) is 3.75. The molecule has 8 heteroatoms. The van der Waals surface area contributed by atoms with Crippen LogP contribution in [-0.4, -0.2) is 61.6 Å². The van der Waals surface area contributed by atoms with E-state index in [0.29, 0.717) is 31.1 Å². The molecule has 0 aliphatic rings. The molecule has 1 amide bonds. The molecule has 0 spiro atoms. The fraction of sp³-hybridized carbons (Fsp3) is 0.421. The highest BCUT2D eigenvalue weighted by molar-refractivity contribution is 7.11. The summed E-state index contributed by atoms with van der Waals surface area (Å²) in [5.74, 6) is 1.55. The summed E-state index contributed by atoms with van der Waals surface area (Å²) in [6.45, 7) is 6.86. The maximum atomic E-state index is 12.1. The number of thiazole rings is 1. The second kappa shape index (κ2) is 11.2. The summed E-state index contributed by atoms with van der Waals surface area (Å²) in [6, 6.07) is 9.74. The van der Waals surface area contributed by atoms with E-state index < -0.39 is 0 Å². The first-order chi connectivity index (χ1) is 13.1. The standard InChI is InChI=1S/C19H27N5O2S/c1-4-20-19(24(3)12-13-26-16-8-6-5-7-9-16)22-11-10-21-18(25)17-15(2)23-14-27-17/h5-9,14H,4,10-13H2,1-3H3,(H,20,22)(H,21,25). The number of nitrogens with one attached hydrogen (secondary N) is 2. The number of rotatable bonds is 9. The molecule has 2 aromatic rings. The largest absolute Gasteiger partial charge is 0.492 e. The number of nitrogens with zero attached hydrogens (tertiary/aromatic N) is 3. The summed E-state index contributed by atoms with van der Waals surface area (Å²) in [7, 11) is 1.97. The molecule has 0 atom stereocenters. The van der Waals surface area contributed by atoms with Crippen LogP contribution in [0.3, 0.4) is 0 Å². The third-order valence-corrected chi connectivity index (χ3v) is 4.67. The van der Waals surface area contributed by atoms with E-state index in [0.717, 1.165) is 23.9 Å². The van der Waals surface area contributed by atoms with Gasteiger partial charge in [0.15, 0.2) is 5.96 Å². The van der Waals surface area contributed by atoms with Crippen molar-refractivity contribution in [2.24, 2.45) is 4.99 Å². The van der Waals surface area contributed by atoms with E-state index >= 15 is 0 Å². The SMILES string of the molecule is CCNC(=NCCNC(=O)c1scnc1C)N(C)CCOc1ccccc1. The number of para-hydroxylation sites is 1. The zero-order valence-corrected chi connectivity index (χ0v) is 16.9. The van der Waals surface area contributed by atoms with E-state index in [-0.39, 0.29) is 5.91 Å². The van der Waals surface area contributed by atoms with Crippen molar-refractivity contribution in [3.05, 3.63) is 46.4 Å². The Kier molecular flexibility index (Phi) is 8.57. The Hall–Kier alpha value is -2.61. The van der Waals surface area contributed by atoms with E-state index in [2.05, 4.69) is 20.6 Å². The van der Waals surface area contributed by atoms with Crippen LogP contribution in [0.5, 0.6) is 5.75 Å². The van der Waals surface area contributed by atoms with Crippen molar-refractivity contribution >= 4 is 23.2 Å². The zero-order chi connectivity index (χ0) is 19.5. The Morgan fingerprint density at radius 2 is 2.07 bits per heavy atom. The van der Waals surface area contributed by atoms with Crippen molar-refractivity contribution < 1.29 is 9.53 Å². The van der Waals surface area contributed by atoms with Gasteiger partial charge in [-0.1, -0.05) is 18.2 Å². The average molecular weight is 390 g/mol. The Morgan fingerprint density at radius 3 is 2.74 bits per heavy atom. The quantitative estimate of drug-likeness (QED) is 0.390. The maximum absolute atomic E-state index is 12.1. The Morgan fingerprint density at radius 1 is 1.30 bits per heavy atom. The molecule has 0 unspecified atom stereocenters. The van der Waals surface area contributed by atoms with Gasteiger partial charge in [0, 0.05) is 20.1 Å². The lowest BCUT2D eigenvalue weighted by molar-refractivity contribution is 0.0958. The topological polar surface area (TPSA) is 78.8 Å². The molecule has 0 saturated heterocycles. The van der Waals surface area contributed by atoms with Crippen LogP contribution >= 0.6 is 11.3 Å². The molecule has 7 nitrogen and oxygen atoms in total. The van der Waals surface area contributed by atoms with E-state index in [1.54, 1.807) is 5.51 Å². The Bertz CT molecular complexity index is 733. The molecule has 2 N–H and O–H groups in total. The van der Waals surface area contributed by atoms with E-state index in [9.17, 15) is 4.79 Å². The molecular weight excluding hydrogens is 362 g/mol. The number of hydrogen-bond acceptors (Lipinski definition) is 5. The van der Waals surface area contributed by atoms with Gasteiger partial charge in [0.1, 0.15) is 17.2 Å². The first-order valence-electron chi connectivity index (χ1n) is 8.97. The van der Waals surface area contributed by atoms with Gasteiger partial charge in [0.2, 0.25) is 0 Å². The Labute approximate surface area is 164 Å². The minimum absolute atomic E-state index is 0.0974. The minimum atomic E-state index is -0.0974. The van der Waals surface area contributed by atoms with Gasteiger partial charge in [-0.2, -0.15) is 0 Å². The second-order valence-electron chi connectivity index (χ2n) is 5.84. The van der Waals surface area contributed by atoms with Crippen LogP contribution in [0.1, 0.15) is 22.3 Å². The molecule has 146 valence electrons. The van der Waals surface area contributed by atoms with Crippen molar-refractivity contribution in [2.45, 2.75) is 13.8 Å². The minimum Gasteiger partial charge on any atom is -0.492 e. The molecule has 1 aromatic heterocycles. The van der Waals surface area contributed by atoms with Gasteiger partial charge < -0.3 is 20.3 Å². The van der Waals surface area contributed by atoms with Crippen molar-refractivity contribution in [1.82, 2.24) is 20.5 Å². The van der Waals surface area contributed by atoms with Crippen LogP contribution in [0.2, 0.25) is 0 Å². The van der Waals surface area contributed by atoms with Crippen LogP contribution in [0.15, 0.2) is 40.8 Å². The van der Waals surface area contributed by atoms with Crippen molar-refractivity contribution in [2.75, 3.05) is 39.8 Å². The van der Waals surface area contributed by atoms with Gasteiger partial charge in [0.25, 0.3) is 5.91 Å². The van der Waals surface area contributed by atoms with Gasteiger partial charge in [-0.25, -0.2) is 4.98 Å². The van der Waals surface area contributed by atoms with Crippen LogP contribution in [-0.2, 0) is 0 Å². The number of aromatic nitrogens is 1. The molecule has 0 aliphatic carbocycles. The molecule has 0 saturated carbocycles. The van der Waals surface area contributed by atoms with Crippen LogP contribution in [0.25, 0.3) is 0 Å². The van der Waals surface area contributed by atoms with E-state index in [1.807, 2.05) is 56.1 Å². The fourth-order valence-corrected chi connectivity index (χ4v) is 3.04. The Balaban J connectivity index is 1.76. The summed E-state index contributed by atoms with van der Waals surface area (Å²) in [5.41, 5.74) is 2.44. The number of ether oxygens (including phenoxy) is 1. The molecule has 1 aromatic carbocycles. The lowest BCUT2D eigenvalue weighted by atomic mass is 10.3. The lowest BCUT2D eigenvalue weighted by Crippen LogP contribution is -2.41. The number of carbonyl (C=O) groups is 1. The predicted octanol–water partition coefficient (Wildman–Crippen LogP) is 2.16.